The molecule has 0 spiro atoms. The number of nitrogens with zero attached hydrogens (tertiary/aromatic N) is 1. The summed E-state index contributed by atoms with van der Waals surface area (Å²) in [6.07, 6.45) is 3.42. The highest BCUT2D eigenvalue weighted by molar-refractivity contribution is 9.10. The molecular weight excluding hydrogens is 387 g/mol. The first kappa shape index (κ1) is 18.4. The molecule has 1 amide bonds. The zero-order valence-corrected chi connectivity index (χ0v) is 14.7. The van der Waals surface area contributed by atoms with Crippen molar-refractivity contribution in [2.24, 2.45) is 0 Å². The molecular formula is C19H14BrFN2O2. The second-order valence-electron chi connectivity index (χ2n) is 5.11. The van der Waals surface area contributed by atoms with Crippen molar-refractivity contribution < 1.29 is 14.3 Å². The van der Waals surface area contributed by atoms with Gasteiger partial charge in [0.05, 0.1) is 10.2 Å². The van der Waals surface area contributed by atoms with Gasteiger partial charge in [-0.15, -0.1) is 6.58 Å². The van der Waals surface area contributed by atoms with Gasteiger partial charge in [-0.05, 0) is 63.8 Å². The lowest BCUT2D eigenvalue weighted by Crippen LogP contribution is -2.14. The van der Waals surface area contributed by atoms with Crippen molar-refractivity contribution in [3.8, 4) is 11.8 Å². The molecule has 2 N–H and O–H groups in total. The first-order valence-electron chi connectivity index (χ1n) is 7.26. The maximum Gasteiger partial charge on any atom is 0.266 e. The Bertz CT molecular complexity index is 901. The summed E-state index contributed by atoms with van der Waals surface area (Å²) in [6, 6.07) is 10.7. The summed E-state index contributed by atoms with van der Waals surface area (Å²) in [4.78, 5) is 12.2. The van der Waals surface area contributed by atoms with Crippen molar-refractivity contribution in [3.63, 3.8) is 0 Å². The third-order valence-electron chi connectivity index (χ3n) is 3.33. The number of phenols is 1. The van der Waals surface area contributed by atoms with Gasteiger partial charge in [0.15, 0.2) is 0 Å². The van der Waals surface area contributed by atoms with Gasteiger partial charge in [-0.2, -0.15) is 5.26 Å². The van der Waals surface area contributed by atoms with Crippen molar-refractivity contribution in [2.75, 3.05) is 5.32 Å². The zero-order chi connectivity index (χ0) is 18.4. The highest BCUT2D eigenvalue weighted by Crippen LogP contribution is 2.31. The van der Waals surface area contributed by atoms with E-state index in [0.29, 0.717) is 22.0 Å². The maximum atomic E-state index is 13.6. The molecule has 2 rings (SSSR count). The minimum atomic E-state index is -0.720. The molecule has 0 aromatic heterocycles. The van der Waals surface area contributed by atoms with Crippen molar-refractivity contribution in [3.05, 3.63) is 76.0 Å². The highest BCUT2D eigenvalue weighted by Gasteiger charge is 2.13. The van der Waals surface area contributed by atoms with Gasteiger partial charge in [-0.25, -0.2) is 4.39 Å². The number of halogens is 2. The molecule has 0 saturated carbocycles. The number of nitrogens with one attached hydrogen (secondary N) is 1. The Hall–Kier alpha value is -2.91. The van der Waals surface area contributed by atoms with E-state index in [9.17, 15) is 19.6 Å². The van der Waals surface area contributed by atoms with Gasteiger partial charge in [0, 0.05) is 0 Å². The fraction of sp³-hybridized carbons (Fsp3) is 0.0526. The molecule has 0 aliphatic carbocycles. The van der Waals surface area contributed by atoms with Gasteiger partial charge < -0.3 is 10.4 Å². The number of rotatable bonds is 5. The number of anilines is 1. The summed E-state index contributed by atoms with van der Waals surface area (Å²) >= 11 is 3.23. The molecule has 0 radical (unpaired) electrons. The van der Waals surface area contributed by atoms with Crippen LogP contribution in [0.2, 0.25) is 0 Å². The number of nitriles is 1. The van der Waals surface area contributed by atoms with Crippen LogP contribution in [0.3, 0.4) is 0 Å². The van der Waals surface area contributed by atoms with Crippen LogP contribution in [0.15, 0.2) is 59.1 Å². The predicted molar refractivity (Wildman–Crippen MR) is 98.3 cm³/mol. The summed E-state index contributed by atoms with van der Waals surface area (Å²) in [5.74, 6) is -1.23. The molecule has 4 nitrogen and oxygen atoms in total. The second-order valence-corrected chi connectivity index (χ2v) is 5.96. The number of allylic oxidation sites excluding steroid dienone is 1. The van der Waals surface area contributed by atoms with E-state index in [1.54, 1.807) is 30.3 Å². The van der Waals surface area contributed by atoms with Crippen LogP contribution in [-0.4, -0.2) is 11.0 Å². The number of aromatic hydroxyl groups is 1. The smallest absolute Gasteiger partial charge is 0.266 e. The summed E-state index contributed by atoms with van der Waals surface area (Å²) in [5, 5.41) is 21.6. The lowest BCUT2D eigenvalue weighted by atomic mass is 10.0. The highest BCUT2D eigenvalue weighted by atomic mass is 79.9. The summed E-state index contributed by atoms with van der Waals surface area (Å²) in [7, 11) is 0. The van der Waals surface area contributed by atoms with Crippen molar-refractivity contribution in [1.29, 1.82) is 5.26 Å². The Morgan fingerprint density at radius 1 is 1.40 bits per heavy atom. The predicted octanol–water partition coefficient (Wildman–Crippen LogP) is 4.57. The number of hydrogen-bond acceptors (Lipinski definition) is 3. The molecule has 0 heterocycles. The molecule has 25 heavy (non-hydrogen) atoms. The van der Waals surface area contributed by atoms with Crippen LogP contribution in [0.1, 0.15) is 11.1 Å². The Kier molecular flexibility index (Phi) is 6.09. The third kappa shape index (κ3) is 4.55. The number of carbonyl (C=O) groups is 1. The minimum absolute atomic E-state index is 0.00659. The SMILES string of the molecule is C=CCc1cc(/C=C(/C#N)C(=O)Nc2ccccc2F)cc(Br)c1O. The Labute approximate surface area is 153 Å². The first-order valence-corrected chi connectivity index (χ1v) is 8.05. The Morgan fingerprint density at radius 2 is 2.12 bits per heavy atom. The van der Waals surface area contributed by atoms with E-state index in [-0.39, 0.29) is 17.0 Å². The van der Waals surface area contributed by atoms with E-state index >= 15 is 0 Å². The van der Waals surface area contributed by atoms with E-state index in [4.69, 9.17) is 0 Å². The number of carbonyl (C=O) groups excluding carboxylic acids is 1. The normalized spacial score (nSPS) is 10.8. The Balaban J connectivity index is 2.34. The summed E-state index contributed by atoms with van der Waals surface area (Å²) in [5.41, 5.74) is 0.947. The van der Waals surface area contributed by atoms with Gasteiger partial charge in [0.1, 0.15) is 23.2 Å². The molecule has 0 aliphatic heterocycles. The number of amides is 1. The lowest BCUT2D eigenvalue weighted by molar-refractivity contribution is -0.112. The second kappa shape index (κ2) is 8.27. The molecule has 126 valence electrons. The standard InChI is InChI=1S/C19H14BrFN2O2/c1-2-5-13-8-12(10-15(20)18(13)24)9-14(11-22)19(25)23-17-7-4-3-6-16(17)21/h2-4,6-10,24H,1,5H2,(H,23,25)/b14-9-. The molecule has 0 unspecified atom stereocenters. The first-order chi connectivity index (χ1) is 12.0. The van der Waals surface area contributed by atoms with Crippen LogP contribution in [0.25, 0.3) is 6.08 Å². The third-order valence-corrected chi connectivity index (χ3v) is 3.93. The Morgan fingerprint density at radius 3 is 2.76 bits per heavy atom. The van der Waals surface area contributed by atoms with Crippen molar-refractivity contribution in [2.45, 2.75) is 6.42 Å². The van der Waals surface area contributed by atoms with Gasteiger partial charge in [-0.3, -0.25) is 4.79 Å². The van der Waals surface area contributed by atoms with Crippen LogP contribution in [0.5, 0.6) is 5.75 Å². The monoisotopic (exact) mass is 400 g/mol. The lowest BCUT2D eigenvalue weighted by Gasteiger charge is -2.08. The maximum absolute atomic E-state index is 13.6. The molecule has 2 aromatic rings. The number of hydrogen-bond donors (Lipinski definition) is 2. The molecule has 0 bridgehead atoms. The quantitative estimate of drug-likeness (QED) is 0.438. The fourth-order valence-electron chi connectivity index (χ4n) is 2.14. The van der Waals surface area contributed by atoms with Crippen molar-refractivity contribution in [1.82, 2.24) is 0 Å². The minimum Gasteiger partial charge on any atom is -0.506 e. The molecule has 0 fully saturated rings. The summed E-state index contributed by atoms with van der Waals surface area (Å²) in [6.45, 7) is 3.62. The van der Waals surface area contributed by atoms with Crippen LogP contribution in [-0.2, 0) is 11.2 Å². The van der Waals surface area contributed by atoms with E-state index in [1.807, 2.05) is 0 Å². The molecule has 2 aromatic carbocycles. The molecule has 0 atom stereocenters. The molecule has 6 heteroatoms. The van der Waals surface area contributed by atoms with Gasteiger partial charge in [-0.1, -0.05) is 18.2 Å². The van der Waals surface area contributed by atoms with E-state index < -0.39 is 11.7 Å². The average Bonchev–Trinajstić information content (AvgIpc) is 2.59. The number of benzene rings is 2. The summed E-state index contributed by atoms with van der Waals surface area (Å²) < 4.78 is 14.1. The van der Waals surface area contributed by atoms with E-state index in [1.165, 1.54) is 24.3 Å². The fourth-order valence-corrected chi connectivity index (χ4v) is 2.66. The average molecular weight is 401 g/mol. The van der Waals surface area contributed by atoms with Gasteiger partial charge >= 0.3 is 0 Å². The van der Waals surface area contributed by atoms with Crippen LogP contribution >= 0.6 is 15.9 Å². The van der Waals surface area contributed by atoms with Gasteiger partial charge in [0.2, 0.25) is 0 Å². The largest absolute Gasteiger partial charge is 0.506 e. The topological polar surface area (TPSA) is 73.1 Å². The van der Waals surface area contributed by atoms with Gasteiger partial charge in [0.25, 0.3) is 5.91 Å². The van der Waals surface area contributed by atoms with Crippen LogP contribution in [0.4, 0.5) is 10.1 Å². The van der Waals surface area contributed by atoms with E-state index in [0.717, 1.165) is 0 Å². The molecule has 0 aliphatic rings. The number of phenolic OH excluding ortho intramolecular Hbond substituents is 1. The zero-order valence-electron chi connectivity index (χ0n) is 13.1. The number of para-hydroxylation sites is 1. The molecule has 0 saturated heterocycles. The van der Waals surface area contributed by atoms with Crippen LogP contribution < -0.4 is 5.32 Å². The van der Waals surface area contributed by atoms with Crippen LogP contribution in [0, 0.1) is 17.1 Å². The van der Waals surface area contributed by atoms with Crippen molar-refractivity contribution >= 4 is 33.6 Å². The van der Waals surface area contributed by atoms with E-state index in [2.05, 4.69) is 27.8 Å².